The molecule has 2 aliphatic heterocycles. The number of benzene rings is 1. The molecule has 0 spiro atoms. The molecule has 1 atom stereocenters. The first-order chi connectivity index (χ1) is 14.6. The maximum absolute atomic E-state index is 12.0. The van der Waals surface area contributed by atoms with E-state index >= 15 is 0 Å². The molecule has 0 unspecified atom stereocenters. The Balaban J connectivity index is 1.52. The van der Waals surface area contributed by atoms with Gasteiger partial charge in [0.2, 0.25) is 5.91 Å². The Labute approximate surface area is 181 Å². The minimum Gasteiger partial charge on any atom is -0.489 e. The monoisotopic (exact) mass is 463 g/mol. The highest BCUT2D eigenvalue weighted by Crippen LogP contribution is 2.40. The number of nitriles is 1. The van der Waals surface area contributed by atoms with Gasteiger partial charge in [-0.25, -0.2) is 4.52 Å². The third kappa shape index (κ3) is 2.94. The van der Waals surface area contributed by atoms with Gasteiger partial charge in [0, 0.05) is 35.9 Å². The van der Waals surface area contributed by atoms with Gasteiger partial charge in [-0.15, -0.1) is 0 Å². The van der Waals surface area contributed by atoms with Crippen molar-refractivity contribution in [1.29, 1.82) is 5.26 Å². The molecule has 5 rings (SSSR count). The second kappa shape index (κ2) is 7.18. The van der Waals surface area contributed by atoms with E-state index in [9.17, 15) is 10.1 Å². The van der Waals surface area contributed by atoms with Crippen molar-refractivity contribution in [3.8, 4) is 22.9 Å². The molecule has 0 aliphatic carbocycles. The fourth-order valence-electron chi connectivity index (χ4n) is 4.26. The van der Waals surface area contributed by atoms with Gasteiger partial charge in [0.1, 0.15) is 18.4 Å². The summed E-state index contributed by atoms with van der Waals surface area (Å²) < 4.78 is 8.68. The lowest BCUT2D eigenvalue weighted by molar-refractivity contribution is -0.127. The van der Waals surface area contributed by atoms with Gasteiger partial charge in [-0.05, 0) is 45.8 Å². The average Bonchev–Trinajstić information content (AvgIpc) is 3.19. The number of hydrogen-bond donors (Lipinski definition) is 0. The number of aromatic nitrogens is 2. The van der Waals surface area contributed by atoms with Crippen molar-refractivity contribution < 1.29 is 9.53 Å². The van der Waals surface area contributed by atoms with Crippen LogP contribution in [0.3, 0.4) is 0 Å². The van der Waals surface area contributed by atoms with Gasteiger partial charge in [0.25, 0.3) is 0 Å². The molecule has 30 heavy (non-hydrogen) atoms. The van der Waals surface area contributed by atoms with E-state index in [2.05, 4.69) is 44.6 Å². The van der Waals surface area contributed by atoms with Crippen LogP contribution < -0.4 is 9.64 Å². The van der Waals surface area contributed by atoms with E-state index in [4.69, 9.17) is 4.74 Å². The van der Waals surface area contributed by atoms with Gasteiger partial charge in [-0.3, -0.25) is 4.79 Å². The number of piperazine rings is 1. The lowest BCUT2D eigenvalue weighted by atomic mass is 10.0. The number of ether oxygens (including phenoxy) is 1. The highest BCUT2D eigenvalue weighted by atomic mass is 79.9. The van der Waals surface area contributed by atoms with Gasteiger partial charge in [0.05, 0.1) is 29.0 Å². The summed E-state index contributed by atoms with van der Waals surface area (Å²) >= 11 is 3.53. The molecule has 7 nitrogen and oxygen atoms in total. The summed E-state index contributed by atoms with van der Waals surface area (Å²) in [5.74, 6) is 0.770. The molecule has 0 N–H and O–H groups in total. The summed E-state index contributed by atoms with van der Waals surface area (Å²) in [4.78, 5) is 16.1. The summed E-state index contributed by atoms with van der Waals surface area (Å²) in [5.41, 5.74) is 4.19. The van der Waals surface area contributed by atoms with Crippen LogP contribution >= 0.6 is 15.9 Å². The summed E-state index contributed by atoms with van der Waals surface area (Å²) in [6, 6.07) is 10.5. The number of carbonyl (C=O) groups is 1. The van der Waals surface area contributed by atoms with Gasteiger partial charge in [0.15, 0.2) is 0 Å². The molecule has 1 saturated heterocycles. The van der Waals surface area contributed by atoms with E-state index in [1.165, 1.54) is 6.08 Å². The van der Waals surface area contributed by atoms with E-state index in [1.807, 2.05) is 29.3 Å². The second-order valence-electron chi connectivity index (χ2n) is 7.36. The molecule has 1 aromatic carbocycles. The molecule has 0 bridgehead atoms. The third-order valence-electron chi connectivity index (χ3n) is 5.68. The minimum atomic E-state index is -0.0384. The summed E-state index contributed by atoms with van der Waals surface area (Å²) in [5, 5.41) is 13.8. The maximum atomic E-state index is 12.0. The van der Waals surface area contributed by atoms with Crippen LogP contribution in [-0.4, -0.2) is 52.7 Å². The molecule has 0 saturated carbocycles. The number of anilines is 1. The summed E-state index contributed by atoms with van der Waals surface area (Å²) in [7, 11) is 0. The van der Waals surface area contributed by atoms with Gasteiger partial charge in [-0.1, -0.05) is 12.6 Å². The molecule has 2 aromatic heterocycles. The summed E-state index contributed by atoms with van der Waals surface area (Å²) in [6.07, 6.45) is 4.78. The molecular weight excluding hydrogens is 446 g/mol. The fraction of sp³-hybridized carbons (Fsp3) is 0.227. The zero-order chi connectivity index (χ0) is 20.8. The smallest absolute Gasteiger partial charge is 0.246 e. The predicted octanol–water partition coefficient (Wildman–Crippen LogP) is 3.23. The lowest BCUT2D eigenvalue weighted by Gasteiger charge is -2.45. The van der Waals surface area contributed by atoms with E-state index in [0.29, 0.717) is 25.3 Å². The van der Waals surface area contributed by atoms with Crippen molar-refractivity contribution >= 4 is 33.0 Å². The van der Waals surface area contributed by atoms with Crippen LogP contribution in [0.4, 0.5) is 5.69 Å². The molecule has 0 radical (unpaired) electrons. The quantitative estimate of drug-likeness (QED) is 0.545. The molecule has 8 heteroatoms. The third-order valence-corrected chi connectivity index (χ3v) is 6.11. The molecule has 150 valence electrons. The number of hydrogen-bond acceptors (Lipinski definition) is 5. The number of nitrogens with zero attached hydrogens (tertiary/aromatic N) is 5. The van der Waals surface area contributed by atoms with Crippen molar-refractivity contribution in [2.75, 3.05) is 31.1 Å². The van der Waals surface area contributed by atoms with E-state index in [0.717, 1.165) is 39.1 Å². The standard InChI is InChI=1S/C22H18BrN5O2/c1-2-21(29)26-5-6-27-17(12-26)13-30-20-7-14(3-4-19(20)27)18-8-16(23)11-28-22(18)15(9-24)10-25-28/h2-4,7-8,10-11,17H,1,5-6,12-13H2/t17-/m0/s1. The molecule has 4 heterocycles. The van der Waals surface area contributed by atoms with Gasteiger partial charge < -0.3 is 14.5 Å². The lowest BCUT2D eigenvalue weighted by Crippen LogP contribution is -2.58. The Bertz CT molecular complexity index is 1230. The van der Waals surface area contributed by atoms with Crippen LogP contribution in [0.1, 0.15) is 5.56 Å². The number of rotatable bonds is 2. The van der Waals surface area contributed by atoms with E-state index < -0.39 is 0 Å². The first-order valence-electron chi connectivity index (χ1n) is 9.61. The first kappa shape index (κ1) is 18.7. The fourth-order valence-corrected chi connectivity index (χ4v) is 4.68. The van der Waals surface area contributed by atoms with Crippen LogP contribution in [0.25, 0.3) is 16.6 Å². The Morgan fingerprint density at radius 2 is 2.23 bits per heavy atom. The van der Waals surface area contributed by atoms with Crippen molar-refractivity contribution in [3.05, 3.63) is 59.4 Å². The largest absolute Gasteiger partial charge is 0.489 e. The normalized spacial score (nSPS) is 17.7. The van der Waals surface area contributed by atoms with Crippen LogP contribution in [0, 0.1) is 11.3 Å². The van der Waals surface area contributed by atoms with Crippen LogP contribution in [0.2, 0.25) is 0 Å². The number of amides is 1. The molecule has 1 fully saturated rings. The molecule has 2 aliphatic rings. The summed E-state index contributed by atoms with van der Waals surface area (Å²) in [6.45, 7) is 6.14. The first-order valence-corrected chi connectivity index (χ1v) is 10.4. The van der Waals surface area contributed by atoms with Crippen LogP contribution in [0.5, 0.6) is 5.75 Å². The predicted molar refractivity (Wildman–Crippen MR) is 116 cm³/mol. The highest BCUT2D eigenvalue weighted by molar-refractivity contribution is 9.10. The van der Waals surface area contributed by atoms with Crippen molar-refractivity contribution in [3.63, 3.8) is 0 Å². The van der Waals surface area contributed by atoms with Crippen molar-refractivity contribution in [2.45, 2.75) is 6.04 Å². The van der Waals surface area contributed by atoms with Gasteiger partial charge >= 0.3 is 0 Å². The Morgan fingerprint density at radius 1 is 1.37 bits per heavy atom. The van der Waals surface area contributed by atoms with Crippen LogP contribution in [-0.2, 0) is 4.79 Å². The Hall–Kier alpha value is -3.31. The van der Waals surface area contributed by atoms with Crippen LogP contribution in [0.15, 0.2) is 53.8 Å². The maximum Gasteiger partial charge on any atom is 0.246 e. The van der Waals surface area contributed by atoms with Gasteiger partial charge in [-0.2, -0.15) is 10.4 Å². The average molecular weight is 464 g/mol. The zero-order valence-electron chi connectivity index (χ0n) is 16.1. The number of halogens is 1. The van der Waals surface area contributed by atoms with Crippen molar-refractivity contribution in [2.24, 2.45) is 0 Å². The Kier molecular flexibility index (Phi) is 4.48. The SMILES string of the molecule is C=CC(=O)N1CCN2c3ccc(-c4cc(Br)cn5ncc(C#N)c45)cc3OC[C@@H]2C1. The Morgan fingerprint density at radius 3 is 3.03 bits per heavy atom. The highest BCUT2D eigenvalue weighted by Gasteiger charge is 2.34. The molecule has 1 amide bonds. The number of pyridine rings is 1. The minimum absolute atomic E-state index is 0.0384. The van der Waals surface area contributed by atoms with E-state index in [1.54, 1.807) is 10.7 Å². The zero-order valence-corrected chi connectivity index (χ0v) is 17.7. The number of fused-ring (bicyclic) bond motifs is 4. The number of carbonyl (C=O) groups excluding carboxylic acids is 1. The van der Waals surface area contributed by atoms with E-state index in [-0.39, 0.29) is 11.9 Å². The molecule has 3 aromatic rings. The topological polar surface area (TPSA) is 73.9 Å². The second-order valence-corrected chi connectivity index (χ2v) is 8.28. The molecular formula is C22H18BrN5O2. The van der Waals surface area contributed by atoms with Crippen molar-refractivity contribution in [1.82, 2.24) is 14.5 Å².